The van der Waals surface area contributed by atoms with Gasteiger partial charge in [-0.2, -0.15) is 0 Å². The first-order chi connectivity index (χ1) is 7.09. The van der Waals surface area contributed by atoms with E-state index in [-0.39, 0.29) is 5.75 Å². The lowest BCUT2D eigenvalue weighted by atomic mass is 10.1. The molecular weight excluding hydrogens is 192 g/mol. The van der Waals surface area contributed by atoms with Gasteiger partial charge >= 0.3 is 0 Å². The molecule has 0 saturated heterocycles. The average molecular weight is 203 g/mol. The van der Waals surface area contributed by atoms with Crippen LogP contribution in [-0.2, 0) is 0 Å². The number of aryl methyl sites for hydroxylation is 2. The van der Waals surface area contributed by atoms with Crippen LogP contribution in [0.15, 0.2) is 16.7 Å². The van der Waals surface area contributed by atoms with E-state index in [4.69, 9.17) is 4.52 Å². The van der Waals surface area contributed by atoms with Crippen LogP contribution in [0.25, 0.3) is 11.5 Å². The van der Waals surface area contributed by atoms with E-state index in [2.05, 4.69) is 17.1 Å². The van der Waals surface area contributed by atoms with Crippen LogP contribution in [0, 0.1) is 20.8 Å². The SMILES string of the molecule is [CH2]c1c(C)noc1-c1ccc(O)c(C)n1. The van der Waals surface area contributed by atoms with Gasteiger partial charge in [0, 0.05) is 5.56 Å². The lowest BCUT2D eigenvalue weighted by Crippen LogP contribution is -1.87. The highest BCUT2D eigenvalue weighted by molar-refractivity contribution is 5.59. The highest BCUT2D eigenvalue weighted by Crippen LogP contribution is 2.25. The van der Waals surface area contributed by atoms with Gasteiger partial charge in [0.1, 0.15) is 11.4 Å². The summed E-state index contributed by atoms with van der Waals surface area (Å²) in [5, 5.41) is 13.1. The maximum Gasteiger partial charge on any atom is 0.188 e. The molecule has 0 aliphatic rings. The van der Waals surface area contributed by atoms with Gasteiger partial charge < -0.3 is 9.63 Å². The number of nitrogens with zero attached hydrogens (tertiary/aromatic N) is 2. The Labute approximate surface area is 87.6 Å². The zero-order valence-electron chi connectivity index (χ0n) is 8.61. The van der Waals surface area contributed by atoms with Crippen molar-refractivity contribution in [2.75, 3.05) is 0 Å². The van der Waals surface area contributed by atoms with Crippen LogP contribution in [0.2, 0.25) is 0 Å². The van der Waals surface area contributed by atoms with Crippen molar-refractivity contribution in [3.8, 4) is 17.2 Å². The van der Waals surface area contributed by atoms with Crippen molar-refractivity contribution in [3.05, 3.63) is 36.0 Å². The van der Waals surface area contributed by atoms with E-state index in [1.807, 2.05) is 6.92 Å². The molecule has 15 heavy (non-hydrogen) atoms. The topological polar surface area (TPSA) is 59.2 Å². The Bertz CT molecular complexity index is 503. The van der Waals surface area contributed by atoms with Crippen LogP contribution >= 0.6 is 0 Å². The summed E-state index contributed by atoms with van der Waals surface area (Å²) in [5.74, 6) is 0.719. The van der Waals surface area contributed by atoms with Crippen LogP contribution in [0.5, 0.6) is 5.75 Å². The molecule has 0 aliphatic heterocycles. The molecule has 0 atom stereocenters. The second-order valence-corrected chi connectivity index (χ2v) is 3.38. The van der Waals surface area contributed by atoms with Gasteiger partial charge in [0.2, 0.25) is 0 Å². The molecule has 2 aromatic rings. The summed E-state index contributed by atoms with van der Waals surface area (Å²) in [4.78, 5) is 4.19. The van der Waals surface area contributed by atoms with Gasteiger partial charge in [-0.3, -0.25) is 0 Å². The minimum Gasteiger partial charge on any atom is -0.506 e. The van der Waals surface area contributed by atoms with Crippen LogP contribution in [0.4, 0.5) is 0 Å². The second-order valence-electron chi connectivity index (χ2n) is 3.38. The minimum absolute atomic E-state index is 0.167. The number of hydrogen-bond donors (Lipinski definition) is 1. The Hall–Kier alpha value is -1.84. The number of pyridine rings is 1. The molecule has 0 fully saturated rings. The standard InChI is InChI=1S/C11H11N2O2/c1-6-7(2)13-15-11(6)9-4-5-10(14)8(3)12-9/h4-5,14H,1H2,2-3H3. The van der Waals surface area contributed by atoms with Crippen molar-refractivity contribution >= 4 is 0 Å². The van der Waals surface area contributed by atoms with Crippen molar-refractivity contribution in [3.63, 3.8) is 0 Å². The van der Waals surface area contributed by atoms with E-state index in [1.54, 1.807) is 19.1 Å². The molecular formula is C11H11N2O2. The molecule has 0 amide bonds. The first kappa shape index (κ1) is 9.71. The minimum atomic E-state index is 0.167. The molecule has 0 saturated carbocycles. The van der Waals surface area contributed by atoms with E-state index < -0.39 is 0 Å². The fraction of sp³-hybridized carbons (Fsp3) is 0.182. The number of hydrogen-bond acceptors (Lipinski definition) is 4. The molecule has 4 nitrogen and oxygen atoms in total. The lowest BCUT2D eigenvalue weighted by molar-refractivity contribution is 0.425. The van der Waals surface area contributed by atoms with Crippen LogP contribution in [0.1, 0.15) is 17.0 Å². The monoisotopic (exact) mass is 203 g/mol. The van der Waals surface area contributed by atoms with Gasteiger partial charge in [-0.15, -0.1) is 0 Å². The average Bonchev–Trinajstić information content (AvgIpc) is 2.53. The summed E-state index contributed by atoms with van der Waals surface area (Å²) >= 11 is 0. The molecule has 2 aromatic heterocycles. The third-order valence-corrected chi connectivity index (χ3v) is 2.28. The summed E-state index contributed by atoms with van der Waals surface area (Å²) in [7, 11) is 0. The van der Waals surface area contributed by atoms with Crippen molar-refractivity contribution in [1.82, 2.24) is 10.1 Å². The fourth-order valence-corrected chi connectivity index (χ4v) is 1.27. The number of rotatable bonds is 1. The Morgan fingerprint density at radius 2 is 2.00 bits per heavy atom. The Balaban J connectivity index is 2.55. The van der Waals surface area contributed by atoms with Gasteiger partial charge in [-0.05, 0) is 32.9 Å². The molecule has 0 spiro atoms. The summed E-state index contributed by atoms with van der Waals surface area (Å²) in [6, 6.07) is 3.26. The molecule has 1 radical (unpaired) electrons. The molecule has 0 aliphatic carbocycles. The maximum atomic E-state index is 9.34. The zero-order valence-corrected chi connectivity index (χ0v) is 8.61. The van der Waals surface area contributed by atoms with Crippen molar-refractivity contribution in [1.29, 1.82) is 0 Å². The first-order valence-corrected chi connectivity index (χ1v) is 4.55. The Kier molecular flexibility index (Phi) is 2.19. The Morgan fingerprint density at radius 3 is 2.53 bits per heavy atom. The van der Waals surface area contributed by atoms with Crippen LogP contribution < -0.4 is 0 Å². The fourth-order valence-electron chi connectivity index (χ4n) is 1.27. The van der Waals surface area contributed by atoms with Crippen molar-refractivity contribution < 1.29 is 9.63 Å². The van der Waals surface area contributed by atoms with E-state index >= 15 is 0 Å². The third kappa shape index (κ3) is 1.58. The zero-order chi connectivity index (χ0) is 11.0. The number of aromatic hydroxyl groups is 1. The van der Waals surface area contributed by atoms with Crippen LogP contribution in [0.3, 0.4) is 0 Å². The van der Waals surface area contributed by atoms with Gasteiger partial charge in [-0.1, -0.05) is 5.16 Å². The largest absolute Gasteiger partial charge is 0.506 e. The molecule has 2 rings (SSSR count). The van der Waals surface area contributed by atoms with Gasteiger partial charge in [0.05, 0.1) is 11.4 Å². The van der Waals surface area contributed by atoms with Gasteiger partial charge in [-0.25, -0.2) is 4.98 Å². The van der Waals surface area contributed by atoms with E-state index in [9.17, 15) is 5.11 Å². The van der Waals surface area contributed by atoms with Crippen LogP contribution in [-0.4, -0.2) is 15.2 Å². The third-order valence-electron chi connectivity index (χ3n) is 2.28. The predicted octanol–water partition coefficient (Wildman–Crippen LogP) is 2.24. The summed E-state index contributed by atoms with van der Waals surface area (Å²) in [6.07, 6.45) is 0. The molecule has 1 N–H and O–H groups in total. The smallest absolute Gasteiger partial charge is 0.188 e. The van der Waals surface area contributed by atoms with E-state index in [1.165, 1.54) is 0 Å². The van der Waals surface area contributed by atoms with Gasteiger partial charge in [0.25, 0.3) is 0 Å². The first-order valence-electron chi connectivity index (χ1n) is 4.55. The predicted molar refractivity (Wildman–Crippen MR) is 55.3 cm³/mol. The summed E-state index contributed by atoms with van der Waals surface area (Å²) in [5.41, 5.74) is 2.67. The molecule has 0 unspecified atom stereocenters. The molecule has 77 valence electrons. The van der Waals surface area contributed by atoms with E-state index in [0.29, 0.717) is 17.1 Å². The highest BCUT2D eigenvalue weighted by atomic mass is 16.5. The molecule has 2 heterocycles. The Morgan fingerprint density at radius 1 is 1.27 bits per heavy atom. The van der Waals surface area contributed by atoms with E-state index in [0.717, 1.165) is 11.3 Å². The number of aromatic nitrogens is 2. The van der Waals surface area contributed by atoms with Crippen molar-refractivity contribution in [2.45, 2.75) is 13.8 Å². The van der Waals surface area contributed by atoms with Gasteiger partial charge in [0.15, 0.2) is 5.76 Å². The normalized spacial score (nSPS) is 10.6. The molecule has 0 bridgehead atoms. The van der Waals surface area contributed by atoms with Crippen molar-refractivity contribution in [2.24, 2.45) is 0 Å². The highest BCUT2D eigenvalue weighted by Gasteiger charge is 2.12. The summed E-state index contributed by atoms with van der Waals surface area (Å²) < 4.78 is 5.12. The second kappa shape index (κ2) is 3.38. The molecule has 0 aromatic carbocycles. The molecule has 4 heteroatoms. The quantitative estimate of drug-likeness (QED) is 0.772. The maximum absolute atomic E-state index is 9.34. The summed E-state index contributed by atoms with van der Waals surface area (Å²) in [6.45, 7) is 7.40. The lowest BCUT2D eigenvalue weighted by Gasteiger charge is -2.00.